The van der Waals surface area contributed by atoms with Crippen LogP contribution in [-0.4, -0.2) is 31.6 Å². The SMILES string of the molecule is Cc1cc(C)c(C)c(CN2[C]N(C(C)CN(C)C)c3ccccc32)c1C. The summed E-state index contributed by atoms with van der Waals surface area (Å²) >= 11 is 0. The van der Waals surface area contributed by atoms with Crippen molar-refractivity contribution in [1.82, 2.24) is 4.90 Å². The van der Waals surface area contributed by atoms with Crippen LogP contribution < -0.4 is 9.80 Å². The predicted octanol–water partition coefficient (Wildman–Crippen LogP) is 4.69. The molecule has 1 aliphatic heterocycles. The van der Waals surface area contributed by atoms with Crippen molar-refractivity contribution in [3.8, 4) is 0 Å². The molecule has 1 atom stereocenters. The van der Waals surface area contributed by atoms with Crippen molar-refractivity contribution in [2.24, 2.45) is 0 Å². The molecule has 2 aromatic rings. The maximum atomic E-state index is 3.64. The van der Waals surface area contributed by atoms with E-state index in [1.165, 1.54) is 39.2 Å². The Bertz CT molecular complexity index is 768. The molecular weight excluding hydrogens is 318 g/mol. The molecule has 0 fully saturated rings. The molecule has 0 spiro atoms. The Balaban J connectivity index is 1.93. The fourth-order valence-corrected chi connectivity index (χ4v) is 3.89. The Hall–Kier alpha value is -2.00. The Morgan fingerprint density at radius 2 is 1.54 bits per heavy atom. The minimum absolute atomic E-state index is 0.373. The lowest BCUT2D eigenvalue weighted by atomic mass is 9.94. The van der Waals surface area contributed by atoms with Gasteiger partial charge >= 0.3 is 0 Å². The predicted molar refractivity (Wildman–Crippen MR) is 112 cm³/mol. The minimum atomic E-state index is 0.373. The Kier molecular flexibility index (Phi) is 5.29. The van der Waals surface area contributed by atoms with E-state index in [0.717, 1.165) is 13.1 Å². The topological polar surface area (TPSA) is 9.72 Å². The van der Waals surface area contributed by atoms with Crippen LogP contribution in [0.3, 0.4) is 0 Å². The molecule has 0 aliphatic carbocycles. The van der Waals surface area contributed by atoms with Gasteiger partial charge in [0, 0.05) is 19.1 Å². The van der Waals surface area contributed by atoms with Gasteiger partial charge in [0.2, 0.25) is 6.67 Å². The molecule has 3 rings (SSSR count). The first-order chi connectivity index (χ1) is 12.3. The molecule has 138 valence electrons. The van der Waals surface area contributed by atoms with Crippen molar-refractivity contribution in [2.75, 3.05) is 30.4 Å². The van der Waals surface area contributed by atoms with Crippen LogP contribution in [0.15, 0.2) is 30.3 Å². The van der Waals surface area contributed by atoms with E-state index in [1.54, 1.807) is 0 Å². The standard InChI is InChI=1S/C23H31N3/c1-16-12-17(2)20(5)21(19(16)4)14-25-15-26(18(3)13-24(6)7)23-11-9-8-10-22(23)25/h8-12,18H,13-14H2,1-7H3. The van der Waals surface area contributed by atoms with Crippen molar-refractivity contribution < 1.29 is 0 Å². The molecule has 3 nitrogen and oxygen atoms in total. The first-order valence-electron chi connectivity index (χ1n) is 9.42. The van der Waals surface area contributed by atoms with Crippen molar-refractivity contribution in [1.29, 1.82) is 0 Å². The van der Waals surface area contributed by atoms with Crippen LogP contribution in [0, 0.1) is 34.4 Å². The fourth-order valence-electron chi connectivity index (χ4n) is 3.89. The molecule has 0 aromatic heterocycles. The average molecular weight is 350 g/mol. The third-order valence-corrected chi connectivity index (χ3v) is 5.57. The van der Waals surface area contributed by atoms with Gasteiger partial charge in [-0.25, -0.2) is 0 Å². The second-order valence-corrected chi connectivity index (χ2v) is 7.90. The molecule has 2 radical (unpaired) electrons. The molecule has 0 saturated heterocycles. The summed E-state index contributed by atoms with van der Waals surface area (Å²) < 4.78 is 0. The van der Waals surface area contributed by atoms with Crippen LogP contribution in [0.2, 0.25) is 0 Å². The second kappa shape index (κ2) is 7.32. The molecule has 0 bridgehead atoms. The van der Waals surface area contributed by atoms with E-state index in [1.807, 2.05) is 0 Å². The minimum Gasteiger partial charge on any atom is -0.335 e. The van der Waals surface area contributed by atoms with Gasteiger partial charge in [0.15, 0.2) is 0 Å². The highest BCUT2D eigenvalue weighted by Crippen LogP contribution is 2.40. The number of rotatable bonds is 5. The number of nitrogens with zero attached hydrogens (tertiary/aromatic N) is 3. The summed E-state index contributed by atoms with van der Waals surface area (Å²) in [5, 5.41) is 0. The fraction of sp³-hybridized carbons (Fsp3) is 0.435. The highest BCUT2D eigenvalue weighted by atomic mass is 15.4. The van der Waals surface area contributed by atoms with Gasteiger partial charge in [-0.05, 0) is 88.7 Å². The molecule has 0 amide bonds. The van der Waals surface area contributed by atoms with Crippen molar-refractivity contribution >= 4 is 11.4 Å². The summed E-state index contributed by atoms with van der Waals surface area (Å²) in [6, 6.07) is 11.3. The summed E-state index contributed by atoms with van der Waals surface area (Å²) in [5.41, 5.74) is 9.45. The number of anilines is 2. The van der Waals surface area contributed by atoms with Gasteiger partial charge in [0.1, 0.15) is 0 Å². The van der Waals surface area contributed by atoms with Crippen molar-refractivity contribution in [2.45, 2.75) is 47.2 Å². The highest BCUT2D eigenvalue weighted by molar-refractivity contribution is 5.79. The number of fused-ring (bicyclic) bond motifs is 1. The van der Waals surface area contributed by atoms with Gasteiger partial charge in [0.25, 0.3) is 0 Å². The van der Waals surface area contributed by atoms with Gasteiger partial charge in [-0.2, -0.15) is 0 Å². The number of benzene rings is 2. The maximum Gasteiger partial charge on any atom is 0.209 e. The second-order valence-electron chi connectivity index (χ2n) is 7.90. The van der Waals surface area contributed by atoms with Crippen LogP contribution in [0.5, 0.6) is 0 Å². The maximum absolute atomic E-state index is 3.64. The van der Waals surface area contributed by atoms with E-state index in [-0.39, 0.29) is 0 Å². The van der Waals surface area contributed by atoms with Crippen LogP contribution in [0.25, 0.3) is 0 Å². The number of likely N-dealkylation sites (N-methyl/N-ethyl adjacent to an activating group) is 1. The van der Waals surface area contributed by atoms with E-state index in [2.05, 4.69) is 100 Å². The molecule has 1 heterocycles. The zero-order valence-corrected chi connectivity index (χ0v) is 17.2. The Morgan fingerprint density at radius 3 is 2.12 bits per heavy atom. The number of hydrogen-bond donors (Lipinski definition) is 0. The first-order valence-corrected chi connectivity index (χ1v) is 9.42. The van der Waals surface area contributed by atoms with Crippen LogP contribution in [0.1, 0.15) is 34.7 Å². The Morgan fingerprint density at radius 1 is 0.962 bits per heavy atom. The quantitative estimate of drug-likeness (QED) is 0.775. The van der Waals surface area contributed by atoms with Crippen molar-refractivity contribution in [3.05, 3.63) is 64.8 Å². The van der Waals surface area contributed by atoms with Crippen molar-refractivity contribution in [3.63, 3.8) is 0 Å². The Labute approximate surface area is 159 Å². The van der Waals surface area contributed by atoms with E-state index in [9.17, 15) is 0 Å². The lowest BCUT2D eigenvalue weighted by molar-refractivity contribution is 0.377. The summed E-state index contributed by atoms with van der Waals surface area (Å²) in [7, 11) is 4.25. The summed E-state index contributed by atoms with van der Waals surface area (Å²) in [6.45, 7) is 16.7. The van der Waals surface area contributed by atoms with Crippen LogP contribution in [0.4, 0.5) is 11.4 Å². The van der Waals surface area contributed by atoms with Gasteiger partial charge in [0.05, 0.1) is 11.4 Å². The number of hydrogen-bond acceptors (Lipinski definition) is 3. The lowest BCUT2D eigenvalue weighted by Gasteiger charge is -2.28. The van der Waals surface area contributed by atoms with E-state index in [4.69, 9.17) is 0 Å². The van der Waals surface area contributed by atoms with Crippen LogP contribution >= 0.6 is 0 Å². The molecule has 26 heavy (non-hydrogen) atoms. The summed E-state index contributed by atoms with van der Waals surface area (Å²) in [4.78, 5) is 6.81. The normalized spacial score (nSPS) is 14.9. The zero-order chi connectivity index (χ0) is 19.0. The lowest BCUT2D eigenvalue weighted by Crippen LogP contribution is -2.39. The number of para-hydroxylation sites is 2. The third-order valence-electron chi connectivity index (χ3n) is 5.57. The molecule has 0 N–H and O–H groups in total. The summed E-state index contributed by atoms with van der Waals surface area (Å²) in [5.74, 6) is 0. The molecule has 2 aromatic carbocycles. The first kappa shape index (κ1) is 18.8. The number of aryl methyl sites for hydroxylation is 2. The zero-order valence-electron chi connectivity index (χ0n) is 17.2. The average Bonchev–Trinajstić information content (AvgIpc) is 2.95. The van der Waals surface area contributed by atoms with Gasteiger partial charge in [-0.15, -0.1) is 0 Å². The molecule has 1 unspecified atom stereocenters. The van der Waals surface area contributed by atoms with Gasteiger partial charge < -0.3 is 14.7 Å². The monoisotopic (exact) mass is 349 g/mol. The molecule has 3 heteroatoms. The van der Waals surface area contributed by atoms with Crippen LogP contribution in [-0.2, 0) is 6.54 Å². The highest BCUT2D eigenvalue weighted by Gasteiger charge is 2.31. The molecule has 1 aliphatic rings. The van der Waals surface area contributed by atoms with E-state index < -0.39 is 0 Å². The third kappa shape index (κ3) is 3.45. The molecule has 0 saturated carbocycles. The van der Waals surface area contributed by atoms with Gasteiger partial charge in [-0.3, -0.25) is 0 Å². The summed E-state index contributed by atoms with van der Waals surface area (Å²) in [6.07, 6.45) is 0. The van der Waals surface area contributed by atoms with E-state index >= 15 is 0 Å². The largest absolute Gasteiger partial charge is 0.335 e. The van der Waals surface area contributed by atoms with E-state index in [0.29, 0.717) is 6.04 Å². The molecular formula is C23H31N3. The van der Waals surface area contributed by atoms with Gasteiger partial charge in [-0.1, -0.05) is 18.2 Å². The smallest absolute Gasteiger partial charge is 0.209 e.